The van der Waals surface area contributed by atoms with Crippen LogP contribution in [0.5, 0.6) is 0 Å². The van der Waals surface area contributed by atoms with Crippen LogP contribution < -0.4 is 10.6 Å². The van der Waals surface area contributed by atoms with Crippen LogP contribution in [0.15, 0.2) is 0 Å². The first-order valence-electron chi connectivity index (χ1n) is 5.92. The minimum Gasteiger partial charge on any atom is -0.352 e. The number of carbonyl (C=O) groups is 1. The van der Waals surface area contributed by atoms with Gasteiger partial charge >= 0.3 is 0 Å². The van der Waals surface area contributed by atoms with Crippen LogP contribution in [0.25, 0.3) is 0 Å². The second-order valence-corrected chi connectivity index (χ2v) is 4.92. The average molecular weight is 211 g/mol. The average Bonchev–Trinajstić information content (AvgIpc) is 2.58. The molecule has 4 nitrogen and oxygen atoms in total. The van der Waals surface area contributed by atoms with Crippen molar-refractivity contribution in [3.05, 3.63) is 0 Å². The summed E-state index contributed by atoms with van der Waals surface area (Å²) in [6.45, 7) is 7.62. The summed E-state index contributed by atoms with van der Waals surface area (Å²) in [7, 11) is 0. The molecule has 0 saturated carbocycles. The van der Waals surface area contributed by atoms with Crippen LogP contribution in [0.2, 0.25) is 0 Å². The quantitative estimate of drug-likeness (QED) is 0.673. The van der Waals surface area contributed by atoms with E-state index in [9.17, 15) is 4.79 Å². The van der Waals surface area contributed by atoms with Crippen LogP contribution in [0, 0.1) is 0 Å². The number of amides is 1. The third-order valence-corrected chi connectivity index (χ3v) is 3.43. The Morgan fingerprint density at radius 2 is 2.27 bits per heavy atom. The first-order chi connectivity index (χ1) is 7.15. The summed E-state index contributed by atoms with van der Waals surface area (Å²) in [5.74, 6) is 0.218. The Morgan fingerprint density at radius 3 is 2.93 bits per heavy atom. The van der Waals surface area contributed by atoms with Crippen molar-refractivity contribution in [2.24, 2.45) is 0 Å². The predicted octanol–water partition coefficient (Wildman–Crippen LogP) is -0.0528. The van der Waals surface area contributed by atoms with Crippen LogP contribution in [-0.2, 0) is 4.79 Å². The van der Waals surface area contributed by atoms with E-state index >= 15 is 0 Å². The molecule has 2 saturated heterocycles. The second-order valence-electron chi connectivity index (χ2n) is 4.92. The first-order valence-corrected chi connectivity index (χ1v) is 5.92. The molecule has 2 fully saturated rings. The molecule has 15 heavy (non-hydrogen) atoms. The monoisotopic (exact) mass is 211 g/mol. The van der Waals surface area contributed by atoms with Crippen LogP contribution in [0.1, 0.15) is 26.7 Å². The molecule has 2 aliphatic rings. The van der Waals surface area contributed by atoms with Crippen molar-refractivity contribution in [3.8, 4) is 0 Å². The Morgan fingerprint density at radius 1 is 1.47 bits per heavy atom. The fourth-order valence-corrected chi connectivity index (χ4v) is 2.45. The molecule has 2 rings (SSSR count). The third-order valence-electron chi connectivity index (χ3n) is 3.43. The number of nitrogens with one attached hydrogen (secondary N) is 2. The molecule has 1 amide bonds. The number of piperazine rings is 1. The van der Waals surface area contributed by atoms with Crippen LogP contribution >= 0.6 is 0 Å². The van der Waals surface area contributed by atoms with Crippen LogP contribution in [0.4, 0.5) is 0 Å². The fraction of sp³-hybridized carbons (Fsp3) is 0.909. The topological polar surface area (TPSA) is 44.4 Å². The largest absolute Gasteiger partial charge is 0.352 e. The van der Waals surface area contributed by atoms with E-state index in [1.54, 1.807) is 0 Å². The number of carbonyl (C=O) groups excluding carboxylic acids is 1. The van der Waals surface area contributed by atoms with Gasteiger partial charge in [0.15, 0.2) is 0 Å². The maximum atomic E-state index is 11.1. The van der Waals surface area contributed by atoms with Gasteiger partial charge in [-0.1, -0.05) is 0 Å². The maximum absolute atomic E-state index is 11.1. The van der Waals surface area contributed by atoms with Gasteiger partial charge in [0.2, 0.25) is 5.91 Å². The van der Waals surface area contributed by atoms with Gasteiger partial charge in [-0.15, -0.1) is 0 Å². The van der Waals surface area contributed by atoms with Crippen molar-refractivity contribution < 1.29 is 4.79 Å². The molecule has 0 bridgehead atoms. The summed E-state index contributed by atoms with van der Waals surface area (Å²) < 4.78 is 0. The number of hydrogen-bond acceptors (Lipinski definition) is 3. The molecule has 2 N–H and O–H groups in total. The smallest absolute Gasteiger partial charge is 0.220 e. The molecule has 86 valence electrons. The molecular weight excluding hydrogens is 190 g/mol. The molecule has 2 aliphatic heterocycles. The lowest BCUT2D eigenvalue weighted by Crippen LogP contribution is -2.56. The van der Waals surface area contributed by atoms with Gasteiger partial charge in [0.1, 0.15) is 0 Å². The Kier molecular flexibility index (Phi) is 3.26. The van der Waals surface area contributed by atoms with Gasteiger partial charge in [0, 0.05) is 44.2 Å². The summed E-state index contributed by atoms with van der Waals surface area (Å²) >= 11 is 0. The SMILES string of the molecule is CC1CN(CC2CCC(=O)N2)C(C)CN1. The van der Waals surface area contributed by atoms with E-state index in [-0.39, 0.29) is 5.91 Å². The fourth-order valence-electron chi connectivity index (χ4n) is 2.45. The second kappa shape index (κ2) is 4.49. The lowest BCUT2D eigenvalue weighted by Gasteiger charge is -2.38. The molecule has 4 heteroatoms. The van der Waals surface area contributed by atoms with E-state index in [0.29, 0.717) is 24.5 Å². The Labute approximate surface area is 91.4 Å². The van der Waals surface area contributed by atoms with Crippen molar-refractivity contribution in [1.82, 2.24) is 15.5 Å². The van der Waals surface area contributed by atoms with E-state index in [1.165, 1.54) is 0 Å². The molecule has 0 aromatic rings. The lowest BCUT2D eigenvalue weighted by molar-refractivity contribution is -0.119. The van der Waals surface area contributed by atoms with Crippen molar-refractivity contribution in [1.29, 1.82) is 0 Å². The normalized spacial score (nSPS) is 38.0. The molecule has 0 aromatic carbocycles. The molecular formula is C11H21N3O. The van der Waals surface area contributed by atoms with Gasteiger partial charge in [-0.3, -0.25) is 9.69 Å². The molecule has 3 unspecified atom stereocenters. The summed E-state index contributed by atoms with van der Waals surface area (Å²) in [4.78, 5) is 13.6. The Hall–Kier alpha value is -0.610. The first kappa shape index (κ1) is 10.9. The molecule has 0 spiro atoms. The molecule has 0 radical (unpaired) electrons. The summed E-state index contributed by atoms with van der Waals surface area (Å²) in [5.41, 5.74) is 0. The van der Waals surface area contributed by atoms with E-state index in [1.807, 2.05) is 0 Å². The highest BCUT2D eigenvalue weighted by Crippen LogP contribution is 2.12. The van der Waals surface area contributed by atoms with Crippen molar-refractivity contribution >= 4 is 5.91 Å². The molecule has 0 aromatic heterocycles. The molecule has 2 heterocycles. The highest BCUT2D eigenvalue weighted by molar-refractivity contribution is 5.78. The summed E-state index contributed by atoms with van der Waals surface area (Å²) in [6.07, 6.45) is 1.71. The highest BCUT2D eigenvalue weighted by Gasteiger charge is 2.28. The third kappa shape index (κ3) is 2.69. The van der Waals surface area contributed by atoms with Crippen LogP contribution in [-0.4, -0.2) is 48.6 Å². The minimum atomic E-state index is 0.218. The highest BCUT2D eigenvalue weighted by atomic mass is 16.1. The summed E-state index contributed by atoms with van der Waals surface area (Å²) in [5, 5.41) is 6.50. The van der Waals surface area contributed by atoms with Gasteiger partial charge in [-0.25, -0.2) is 0 Å². The number of hydrogen-bond donors (Lipinski definition) is 2. The predicted molar refractivity (Wildman–Crippen MR) is 59.7 cm³/mol. The Balaban J connectivity index is 1.84. The zero-order chi connectivity index (χ0) is 10.8. The standard InChI is InChI=1S/C11H21N3O/c1-8-6-14(9(2)5-12-8)7-10-3-4-11(15)13-10/h8-10,12H,3-7H2,1-2H3,(H,13,15). The number of nitrogens with zero attached hydrogens (tertiary/aromatic N) is 1. The van der Waals surface area contributed by atoms with E-state index in [2.05, 4.69) is 29.4 Å². The lowest BCUT2D eigenvalue weighted by atomic mass is 10.1. The van der Waals surface area contributed by atoms with E-state index < -0.39 is 0 Å². The Bertz CT molecular complexity index is 244. The van der Waals surface area contributed by atoms with Gasteiger partial charge in [0.05, 0.1) is 0 Å². The van der Waals surface area contributed by atoms with Gasteiger partial charge < -0.3 is 10.6 Å². The molecule has 0 aliphatic carbocycles. The minimum absolute atomic E-state index is 0.218. The maximum Gasteiger partial charge on any atom is 0.220 e. The van der Waals surface area contributed by atoms with E-state index in [0.717, 1.165) is 26.1 Å². The zero-order valence-electron chi connectivity index (χ0n) is 9.62. The summed E-state index contributed by atoms with van der Waals surface area (Å²) in [6, 6.07) is 1.53. The van der Waals surface area contributed by atoms with Gasteiger partial charge in [-0.05, 0) is 20.3 Å². The van der Waals surface area contributed by atoms with Crippen molar-refractivity contribution in [2.45, 2.75) is 44.8 Å². The zero-order valence-corrected chi connectivity index (χ0v) is 9.62. The number of rotatable bonds is 2. The van der Waals surface area contributed by atoms with Gasteiger partial charge in [0.25, 0.3) is 0 Å². The van der Waals surface area contributed by atoms with Crippen LogP contribution in [0.3, 0.4) is 0 Å². The van der Waals surface area contributed by atoms with Crippen molar-refractivity contribution in [2.75, 3.05) is 19.6 Å². The van der Waals surface area contributed by atoms with Crippen molar-refractivity contribution in [3.63, 3.8) is 0 Å². The van der Waals surface area contributed by atoms with E-state index in [4.69, 9.17) is 0 Å². The molecule has 3 atom stereocenters. The van der Waals surface area contributed by atoms with Gasteiger partial charge in [-0.2, -0.15) is 0 Å².